The van der Waals surface area contributed by atoms with Gasteiger partial charge >= 0.3 is 0 Å². The van der Waals surface area contributed by atoms with Crippen molar-refractivity contribution in [2.75, 3.05) is 18.7 Å². The quantitative estimate of drug-likeness (QED) is 0.382. The summed E-state index contributed by atoms with van der Waals surface area (Å²) >= 11 is 0.744. The molecule has 33 heavy (non-hydrogen) atoms. The van der Waals surface area contributed by atoms with Crippen LogP contribution < -0.4 is 5.01 Å². The van der Waals surface area contributed by atoms with Gasteiger partial charge in [-0.3, -0.25) is 4.79 Å². The van der Waals surface area contributed by atoms with Gasteiger partial charge in [0.2, 0.25) is 0 Å². The maximum atomic E-state index is 13.3. The second kappa shape index (κ2) is 8.62. The Hall–Kier alpha value is -2.63. The van der Waals surface area contributed by atoms with Crippen LogP contribution in [0, 0.1) is 16.7 Å². The number of hydrogen-bond acceptors (Lipinski definition) is 11. The molecule has 2 fully saturated rings. The van der Waals surface area contributed by atoms with Crippen molar-refractivity contribution in [1.82, 2.24) is 5.01 Å². The van der Waals surface area contributed by atoms with Gasteiger partial charge in [0.1, 0.15) is 57.8 Å². The van der Waals surface area contributed by atoms with E-state index in [1.807, 2.05) is 12.1 Å². The number of amides is 1. The molecule has 0 spiro atoms. The number of nitriles is 1. The highest BCUT2D eigenvalue weighted by atomic mass is 32.2. The van der Waals surface area contributed by atoms with E-state index >= 15 is 0 Å². The number of para-hydroxylation sites is 1. The summed E-state index contributed by atoms with van der Waals surface area (Å²) in [5, 5.41) is 61.3. The molecule has 6 atom stereocenters. The average molecular weight is 474 g/mol. The number of aliphatic imine (C=N–C) groups is 1. The van der Waals surface area contributed by atoms with Crippen molar-refractivity contribution in [2.24, 2.45) is 4.99 Å². The lowest BCUT2D eigenvalue weighted by Crippen LogP contribution is -2.57. The van der Waals surface area contributed by atoms with E-state index < -0.39 is 47.9 Å². The van der Waals surface area contributed by atoms with Gasteiger partial charge in [0.25, 0.3) is 5.91 Å². The van der Waals surface area contributed by atoms with E-state index in [2.05, 4.69) is 4.99 Å². The Balaban J connectivity index is 1.72. The summed E-state index contributed by atoms with van der Waals surface area (Å²) in [6.07, 6.45) is -5.84. The number of carbonyl (C=O) groups is 1. The molecule has 1 unspecified atom stereocenters. The molecule has 0 saturated carbocycles. The number of fused-ring (bicyclic) bond motifs is 1. The van der Waals surface area contributed by atoms with E-state index in [1.54, 1.807) is 43.2 Å². The van der Waals surface area contributed by atoms with Crippen molar-refractivity contribution in [3.8, 4) is 6.07 Å². The summed E-state index contributed by atoms with van der Waals surface area (Å²) in [7, 11) is 1.63. The molecule has 0 radical (unpaired) electrons. The smallest absolute Gasteiger partial charge is 0.289 e. The van der Waals surface area contributed by atoms with Crippen LogP contribution in [0.3, 0.4) is 0 Å². The van der Waals surface area contributed by atoms with Crippen LogP contribution >= 0.6 is 11.8 Å². The molecule has 3 aliphatic rings. The zero-order chi connectivity index (χ0) is 24.1. The Labute approximate surface area is 193 Å². The number of thioether (sulfide) groups is 1. The lowest BCUT2D eigenvalue weighted by molar-refractivity contribution is -0.205. The van der Waals surface area contributed by atoms with Crippen LogP contribution in [0.25, 0.3) is 0 Å². The molecule has 1 aromatic carbocycles. The van der Waals surface area contributed by atoms with Crippen LogP contribution in [0.15, 0.2) is 45.9 Å². The molecular formula is C21H23N5O6S. The molecule has 12 heteroatoms. The second-order valence-corrected chi connectivity index (χ2v) is 9.08. The third kappa shape index (κ3) is 3.49. The molecule has 11 nitrogen and oxygen atoms in total. The summed E-state index contributed by atoms with van der Waals surface area (Å²) in [6.45, 7) is 1.02. The van der Waals surface area contributed by atoms with Crippen LogP contribution in [-0.2, 0) is 9.53 Å². The molecule has 0 aromatic heterocycles. The molecule has 4 rings (SSSR count). The number of anilines is 1. The van der Waals surface area contributed by atoms with Crippen LogP contribution in [0.2, 0.25) is 0 Å². The number of nitrogens with one attached hydrogen (secondary N) is 1. The highest BCUT2D eigenvalue weighted by Crippen LogP contribution is 2.42. The fourth-order valence-electron chi connectivity index (χ4n) is 4.07. The first kappa shape index (κ1) is 23.5. The van der Waals surface area contributed by atoms with Crippen molar-refractivity contribution < 1.29 is 30.0 Å². The molecular weight excluding hydrogens is 450 g/mol. The van der Waals surface area contributed by atoms with Crippen molar-refractivity contribution in [3.63, 3.8) is 0 Å². The van der Waals surface area contributed by atoms with E-state index in [4.69, 9.17) is 10.1 Å². The van der Waals surface area contributed by atoms with E-state index in [1.165, 1.54) is 5.01 Å². The van der Waals surface area contributed by atoms with Gasteiger partial charge in [-0.15, -0.1) is 0 Å². The molecule has 174 valence electrons. The Kier molecular flexibility index (Phi) is 6.14. The Morgan fingerprint density at radius 1 is 1.24 bits per heavy atom. The minimum absolute atomic E-state index is 0.0185. The number of rotatable bonds is 4. The molecule has 3 aliphatic heterocycles. The zero-order valence-electron chi connectivity index (χ0n) is 17.8. The number of hydrogen-bond donors (Lipinski definition) is 5. The van der Waals surface area contributed by atoms with Crippen molar-refractivity contribution in [1.29, 1.82) is 10.7 Å². The fourth-order valence-corrected chi connectivity index (χ4v) is 5.19. The monoisotopic (exact) mass is 473 g/mol. The van der Waals surface area contributed by atoms with Gasteiger partial charge in [-0.2, -0.15) is 10.3 Å². The number of aliphatic hydroxyl groups excluding tert-OH is 4. The third-order valence-electron chi connectivity index (χ3n) is 6.16. The number of carbonyl (C=O) groups excluding carboxylic acids is 1. The lowest BCUT2D eigenvalue weighted by Gasteiger charge is -2.40. The van der Waals surface area contributed by atoms with E-state index in [9.17, 15) is 30.5 Å². The van der Waals surface area contributed by atoms with Gasteiger partial charge in [-0.05, 0) is 19.1 Å². The van der Waals surface area contributed by atoms with E-state index in [0.717, 1.165) is 11.8 Å². The minimum atomic E-state index is -1.60. The summed E-state index contributed by atoms with van der Waals surface area (Å²) in [6, 6.07) is 10.8. The maximum Gasteiger partial charge on any atom is 0.289 e. The highest BCUT2D eigenvalue weighted by Gasteiger charge is 2.57. The summed E-state index contributed by atoms with van der Waals surface area (Å²) < 4.78 is 5.50. The fraction of sp³-hybridized carbons (Fsp3) is 0.429. The Bertz CT molecular complexity index is 1090. The minimum Gasteiger partial charge on any atom is -0.394 e. The maximum absolute atomic E-state index is 13.3. The SMILES string of the molecule is CN1N(c2ccccc2)C(=O)C2=NC(S[C@@H]3O[C@H](CO)[C@H](O)[C@H](O)[C@H]3O)=C(C#N)C(=N)C21C. The standard InChI is InChI=1S/C21H23N5O6S/c1-21-16(23)11(8-22)18(33-20-15(30)14(29)13(28)12(9-27)32-20)24-17(21)19(31)26(25(21)2)10-6-4-3-5-7-10/h3-7,12-15,20,23,27-30H,9H2,1-2H3/t12-,13+,14+,15-,20+,21?/m1/s1. The number of ether oxygens (including phenoxy) is 1. The highest BCUT2D eigenvalue weighted by molar-refractivity contribution is 8.03. The molecule has 0 bridgehead atoms. The number of aliphatic hydroxyl groups is 4. The third-order valence-corrected chi connectivity index (χ3v) is 7.30. The Morgan fingerprint density at radius 2 is 1.91 bits per heavy atom. The first-order chi connectivity index (χ1) is 15.7. The molecule has 1 aromatic rings. The van der Waals surface area contributed by atoms with Crippen molar-refractivity contribution in [2.45, 2.75) is 42.3 Å². The molecule has 0 aliphatic carbocycles. The summed E-state index contributed by atoms with van der Waals surface area (Å²) in [5.74, 6) is -0.472. The van der Waals surface area contributed by atoms with Crippen LogP contribution in [0.4, 0.5) is 5.69 Å². The van der Waals surface area contributed by atoms with Crippen molar-refractivity contribution >= 4 is 34.8 Å². The summed E-state index contributed by atoms with van der Waals surface area (Å²) in [5.41, 5.74) is -2.20. The van der Waals surface area contributed by atoms with E-state index in [-0.39, 0.29) is 22.0 Å². The largest absolute Gasteiger partial charge is 0.394 e. The first-order valence-electron chi connectivity index (χ1n) is 10.1. The molecule has 5 N–H and O–H groups in total. The normalized spacial score (nSPS) is 34.9. The van der Waals surface area contributed by atoms with Gasteiger partial charge in [0.05, 0.1) is 18.0 Å². The molecule has 1 amide bonds. The zero-order valence-corrected chi connectivity index (χ0v) is 18.6. The predicted octanol–water partition coefficient (Wildman–Crippen LogP) is -0.619. The topological polar surface area (TPSA) is 174 Å². The van der Waals surface area contributed by atoms with Gasteiger partial charge in [-0.25, -0.2) is 10.0 Å². The van der Waals surface area contributed by atoms with E-state index in [0.29, 0.717) is 5.69 Å². The van der Waals surface area contributed by atoms with Gasteiger partial charge in [-0.1, -0.05) is 30.0 Å². The number of hydrazine groups is 1. The molecule has 3 heterocycles. The van der Waals surface area contributed by atoms with Gasteiger partial charge in [0.15, 0.2) is 0 Å². The van der Waals surface area contributed by atoms with Crippen molar-refractivity contribution in [3.05, 3.63) is 40.9 Å². The predicted molar refractivity (Wildman–Crippen MR) is 119 cm³/mol. The first-order valence-corrected chi connectivity index (χ1v) is 11.0. The Morgan fingerprint density at radius 3 is 2.52 bits per heavy atom. The van der Waals surface area contributed by atoms with Crippen LogP contribution in [0.1, 0.15) is 6.92 Å². The summed E-state index contributed by atoms with van der Waals surface area (Å²) in [4.78, 5) is 17.8. The lowest BCUT2D eigenvalue weighted by atomic mass is 9.85. The van der Waals surface area contributed by atoms with Gasteiger partial charge < -0.3 is 30.6 Å². The average Bonchev–Trinajstić information content (AvgIpc) is 3.01. The molecule has 2 saturated heterocycles. The number of benzene rings is 1. The second-order valence-electron chi connectivity index (χ2n) is 7.99. The van der Waals surface area contributed by atoms with Crippen LogP contribution in [0.5, 0.6) is 0 Å². The number of nitrogens with zero attached hydrogens (tertiary/aromatic N) is 4. The van der Waals surface area contributed by atoms with Crippen LogP contribution in [-0.4, -0.2) is 91.8 Å². The van der Waals surface area contributed by atoms with Gasteiger partial charge in [0, 0.05) is 7.05 Å².